The summed E-state index contributed by atoms with van der Waals surface area (Å²) in [6, 6.07) is 5.05. The fourth-order valence-corrected chi connectivity index (χ4v) is 2.58. The van der Waals surface area contributed by atoms with E-state index in [0.717, 1.165) is 24.9 Å². The van der Waals surface area contributed by atoms with E-state index < -0.39 is 5.97 Å². The van der Waals surface area contributed by atoms with Crippen LogP contribution in [0.15, 0.2) is 18.2 Å². The van der Waals surface area contributed by atoms with Crippen LogP contribution in [0.25, 0.3) is 0 Å². The number of halogens is 1. The third-order valence-corrected chi connectivity index (χ3v) is 3.86. The van der Waals surface area contributed by atoms with Crippen LogP contribution >= 0.6 is 11.6 Å². The lowest BCUT2D eigenvalue weighted by Gasteiger charge is -2.34. The predicted molar refractivity (Wildman–Crippen MR) is 73.6 cm³/mol. The van der Waals surface area contributed by atoms with Gasteiger partial charge in [-0.3, -0.25) is 0 Å². The van der Waals surface area contributed by atoms with Gasteiger partial charge in [0.2, 0.25) is 0 Å². The van der Waals surface area contributed by atoms with Gasteiger partial charge in [0.25, 0.3) is 0 Å². The van der Waals surface area contributed by atoms with Crippen molar-refractivity contribution in [3.8, 4) is 0 Å². The van der Waals surface area contributed by atoms with Crippen molar-refractivity contribution < 1.29 is 14.6 Å². The normalized spacial score (nSPS) is 22.0. The topological polar surface area (TPSA) is 58.6 Å². The molecule has 0 aliphatic heterocycles. The third kappa shape index (κ3) is 3.69. The number of carbonyl (C=O) groups is 1. The van der Waals surface area contributed by atoms with Crippen LogP contribution < -0.4 is 5.32 Å². The van der Waals surface area contributed by atoms with E-state index in [4.69, 9.17) is 21.4 Å². The molecule has 5 heteroatoms. The molecule has 0 radical (unpaired) electrons. The molecular weight excluding hydrogens is 266 g/mol. The molecule has 0 spiro atoms. The second kappa shape index (κ2) is 6.37. The van der Waals surface area contributed by atoms with Crippen LogP contribution in [0.3, 0.4) is 0 Å². The van der Waals surface area contributed by atoms with Gasteiger partial charge in [0, 0.05) is 13.7 Å². The molecular formula is C14H18ClNO3. The summed E-state index contributed by atoms with van der Waals surface area (Å²) in [4.78, 5) is 10.8. The first-order valence-electron chi connectivity index (χ1n) is 6.35. The Morgan fingerprint density at radius 2 is 2.26 bits per heavy atom. The number of ether oxygens (including phenoxy) is 1. The van der Waals surface area contributed by atoms with E-state index in [1.165, 1.54) is 0 Å². The number of benzene rings is 1. The molecule has 1 aromatic rings. The van der Waals surface area contributed by atoms with Crippen molar-refractivity contribution in [2.24, 2.45) is 5.92 Å². The smallest absolute Gasteiger partial charge is 0.337 e. The summed E-state index contributed by atoms with van der Waals surface area (Å²) in [6.45, 7) is 1.66. The van der Waals surface area contributed by atoms with Gasteiger partial charge in [-0.25, -0.2) is 4.79 Å². The van der Waals surface area contributed by atoms with Crippen molar-refractivity contribution in [3.05, 3.63) is 34.3 Å². The average Bonchev–Trinajstić information content (AvgIpc) is 2.31. The molecule has 0 saturated heterocycles. The minimum Gasteiger partial charge on any atom is -0.478 e. The van der Waals surface area contributed by atoms with E-state index in [1.807, 2.05) is 0 Å². The van der Waals surface area contributed by atoms with Gasteiger partial charge in [-0.2, -0.15) is 0 Å². The first-order valence-corrected chi connectivity index (χ1v) is 6.73. The number of carboxylic acids is 1. The lowest BCUT2D eigenvalue weighted by atomic mass is 9.82. The molecule has 0 atom stereocenters. The van der Waals surface area contributed by atoms with Crippen molar-refractivity contribution in [2.45, 2.75) is 25.5 Å². The molecule has 0 heterocycles. The Morgan fingerprint density at radius 3 is 2.84 bits per heavy atom. The van der Waals surface area contributed by atoms with Crippen molar-refractivity contribution in [3.63, 3.8) is 0 Å². The zero-order valence-electron chi connectivity index (χ0n) is 10.9. The van der Waals surface area contributed by atoms with Gasteiger partial charge < -0.3 is 15.2 Å². The lowest BCUT2D eigenvalue weighted by molar-refractivity contribution is 0.00154. The van der Waals surface area contributed by atoms with Gasteiger partial charge in [-0.15, -0.1) is 0 Å². The highest BCUT2D eigenvalue weighted by atomic mass is 35.5. The van der Waals surface area contributed by atoms with E-state index in [0.29, 0.717) is 18.6 Å². The largest absolute Gasteiger partial charge is 0.478 e. The molecule has 1 aliphatic rings. The molecule has 1 saturated carbocycles. The summed E-state index contributed by atoms with van der Waals surface area (Å²) >= 11 is 5.92. The van der Waals surface area contributed by atoms with Gasteiger partial charge in [0.15, 0.2) is 0 Å². The summed E-state index contributed by atoms with van der Waals surface area (Å²) in [7, 11) is 1.75. The van der Waals surface area contributed by atoms with Crippen molar-refractivity contribution in [1.29, 1.82) is 0 Å². The van der Waals surface area contributed by atoms with Crippen molar-refractivity contribution in [1.82, 2.24) is 5.32 Å². The third-order valence-electron chi connectivity index (χ3n) is 3.55. The molecule has 1 aliphatic carbocycles. The van der Waals surface area contributed by atoms with Gasteiger partial charge in [0.05, 0.1) is 16.7 Å². The van der Waals surface area contributed by atoms with E-state index in [9.17, 15) is 4.79 Å². The number of aromatic carboxylic acids is 1. The Kier molecular flexibility index (Phi) is 4.80. The van der Waals surface area contributed by atoms with Crippen LogP contribution in [0.4, 0.5) is 0 Å². The summed E-state index contributed by atoms with van der Waals surface area (Å²) < 4.78 is 5.23. The van der Waals surface area contributed by atoms with E-state index >= 15 is 0 Å². The minimum absolute atomic E-state index is 0.146. The Morgan fingerprint density at radius 1 is 1.53 bits per heavy atom. The van der Waals surface area contributed by atoms with Crippen LogP contribution in [0, 0.1) is 5.92 Å². The highest BCUT2D eigenvalue weighted by Gasteiger charge is 2.28. The summed E-state index contributed by atoms with van der Waals surface area (Å²) in [5, 5.41) is 12.5. The van der Waals surface area contributed by atoms with Gasteiger partial charge >= 0.3 is 5.97 Å². The van der Waals surface area contributed by atoms with Crippen LogP contribution in [-0.2, 0) is 11.3 Å². The van der Waals surface area contributed by atoms with Crippen LogP contribution in [0.1, 0.15) is 28.8 Å². The molecule has 19 heavy (non-hydrogen) atoms. The van der Waals surface area contributed by atoms with Crippen LogP contribution in [0.5, 0.6) is 0 Å². The second-order valence-corrected chi connectivity index (χ2v) is 5.35. The molecule has 104 valence electrons. The Balaban J connectivity index is 1.77. The minimum atomic E-state index is -0.996. The van der Waals surface area contributed by atoms with E-state index in [-0.39, 0.29) is 10.6 Å². The maximum absolute atomic E-state index is 10.8. The quantitative estimate of drug-likeness (QED) is 0.842. The van der Waals surface area contributed by atoms with Crippen LogP contribution in [0.2, 0.25) is 5.02 Å². The number of methoxy groups -OCH3 is 1. The van der Waals surface area contributed by atoms with Gasteiger partial charge in [-0.1, -0.05) is 17.7 Å². The maximum atomic E-state index is 10.8. The van der Waals surface area contributed by atoms with E-state index in [1.54, 1.807) is 25.3 Å². The Hall–Kier alpha value is -1.10. The highest BCUT2D eigenvalue weighted by Crippen LogP contribution is 2.28. The van der Waals surface area contributed by atoms with Crippen molar-refractivity contribution >= 4 is 17.6 Å². The van der Waals surface area contributed by atoms with Gasteiger partial charge in [-0.05, 0) is 43.0 Å². The second-order valence-electron chi connectivity index (χ2n) is 4.95. The molecule has 2 N–H and O–H groups in total. The molecule has 0 bridgehead atoms. The zero-order valence-corrected chi connectivity index (χ0v) is 11.6. The number of hydrogen-bond acceptors (Lipinski definition) is 3. The molecule has 1 fully saturated rings. The molecule has 0 aromatic heterocycles. The average molecular weight is 284 g/mol. The number of rotatable bonds is 6. The number of nitrogens with one attached hydrogen (secondary N) is 1. The van der Waals surface area contributed by atoms with E-state index in [2.05, 4.69) is 5.32 Å². The zero-order chi connectivity index (χ0) is 13.8. The SMILES string of the molecule is COC1CC(CNCc2ccc(C(=O)O)c(Cl)c2)C1. The summed E-state index contributed by atoms with van der Waals surface area (Å²) in [6.07, 6.45) is 2.65. The van der Waals surface area contributed by atoms with Crippen molar-refractivity contribution in [2.75, 3.05) is 13.7 Å². The fourth-order valence-electron chi connectivity index (χ4n) is 2.30. The standard InChI is InChI=1S/C14H18ClNO3/c1-19-11-4-10(5-11)8-16-7-9-2-3-12(14(17)18)13(15)6-9/h2-3,6,10-11,16H,4-5,7-8H2,1H3,(H,17,18). The molecule has 0 amide bonds. The van der Waals surface area contributed by atoms with Crippen LogP contribution in [-0.4, -0.2) is 30.8 Å². The highest BCUT2D eigenvalue weighted by molar-refractivity contribution is 6.33. The van der Waals surface area contributed by atoms with Gasteiger partial charge in [0.1, 0.15) is 0 Å². The number of carboxylic acid groups (broad SMARTS) is 1. The molecule has 2 rings (SSSR count). The number of hydrogen-bond donors (Lipinski definition) is 2. The Bertz CT molecular complexity index is 458. The predicted octanol–water partition coefficient (Wildman–Crippen LogP) is 2.55. The fraction of sp³-hybridized carbons (Fsp3) is 0.500. The summed E-state index contributed by atoms with van der Waals surface area (Å²) in [5.41, 5.74) is 1.14. The Labute approximate surface area is 117 Å². The first kappa shape index (κ1) is 14.3. The molecule has 4 nitrogen and oxygen atoms in total. The lowest BCUT2D eigenvalue weighted by Crippen LogP contribution is -2.37. The summed E-state index contributed by atoms with van der Waals surface area (Å²) in [5.74, 6) is -0.316. The first-order chi connectivity index (χ1) is 9.10. The molecule has 0 unspecified atom stereocenters. The maximum Gasteiger partial charge on any atom is 0.337 e. The monoisotopic (exact) mass is 283 g/mol. The molecule has 1 aromatic carbocycles.